The zero-order valence-corrected chi connectivity index (χ0v) is 19.2. The summed E-state index contributed by atoms with van der Waals surface area (Å²) < 4.78 is 5.65. The van der Waals surface area contributed by atoms with Gasteiger partial charge in [0, 0.05) is 51.3 Å². The van der Waals surface area contributed by atoms with Crippen molar-refractivity contribution in [3.05, 3.63) is 22.4 Å². The van der Waals surface area contributed by atoms with Crippen molar-refractivity contribution in [1.82, 2.24) is 15.5 Å². The minimum Gasteiger partial charge on any atom is -0.382 e. The number of nitrogens with one attached hydrogen (secondary N) is 2. The highest BCUT2D eigenvalue weighted by molar-refractivity contribution is 7.09. The number of nitrogens with zero attached hydrogens (tertiary/aromatic N) is 2. The van der Waals surface area contributed by atoms with Crippen molar-refractivity contribution in [2.45, 2.75) is 58.4 Å². The van der Waals surface area contributed by atoms with E-state index in [1.54, 1.807) is 0 Å². The van der Waals surface area contributed by atoms with E-state index in [1.165, 1.54) is 56.5 Å². The fourth-order valence-corrected chi connectivity index (χ4v) is 5.64. The third kappa shape index (κ3) is 7.26. The van der Waals surface area contributed by atoms with Crippen LogP contribution in [0.4, 0.5) is 0 Å². The van der Waals surface area contributed by atoms with Gasteiger partial charge in [0.25, 0.3) is 0 Å². The summed E-state index contributed by atoms with van der Waals surface area (Å²) in [5, 5.41) is 9.43. The van der Waals surface area contributed by atoms with E-state index in [-0.39, 0.29) is 0 Å². The van der Waals surface area contributed by atoms with Crippen LogP contribution in [-0.2, 0) is 11.3 Å². The highest BCUT2D eigenvalue weighted by Gasteiger charge is 2.33. The molecule has 0 radical (unpaired) electrons. The van der Waals surface area contributed by atoms with Gasteiger partial charge in [-0.2, -0.15) is 0 Å². The molecule has 0 spiro atoms. The number of aliphatic imine (C=N–C) groups is 1. The molecule has 3 rings (SSSR count). The molecule has 2 heterocycles. The molecular formula is C23H40N4OS. The van der Waals surface area contributed by atoms with Crippen LogP contribution in [0.1, 0.15) is 56.7 Å². The van der Waals surface area contributed by atoms with Gasteiger partial charge < -0.3 is 15.4 Å². The number of likely N-dealkylation sites (tertiary alicyclic amines) is 1. The summed E-state index contributed by atoms with van der Waals surface area (Å²) >= 11 is 1.87. The van der Waals surface area contributed by atoms with E-state index in [4.69, 9.17) is 4.74 Å². The number of ether oxygens (including phenoxy) is 1. The summed E-state index contributed by atoms with van der Waals surface area (Å²) in [4.78, 5) is 8.58. The zero-order chi connectivity index (χ0) is 20.4. The topological polar surface area (TPSA) is 48.9 Å². The molecule has 1 aliphatic heterocycles. The van der Waals surface area contributed by atoms with Gasteiger partial charge in [-0.15, -0.1) is 11.3 Å². The molecule has 1 unspecified atom stereocenters. The number of hydrogen-bond acceptors (Lipinski definition) is 4. The molecule has 1 aromatic rings. The second-order valence-electron chi connectivity index (χ2n) is 8.78. The molecule has 29 heavy (non-hydrogen) atoms. The molecule has 5 nitrogen and oxygen atoms in total. The van der Waals surface area contributed by atoms with E-state index in [0.29, 0.717) is 11.3 Å². The summed E-state index contributed by atoms with van der Waals surface area (Å²) in [5.41, 5.74) is 0.384. The van der Waals surface area contributed by atoms with E-state index < -0.39 is 0 Å². The molecular weight excluding hydrogens is 380 g/mol. The Morgan fingerprint density at radius 1 is 1.31 bits per heavy atom. The molecule has 1 saturated carbocycles. The Balaban J connectivity index is 1.41. The Hall–Kier alpha value is -1.11. The quantitative estimate of drug-likeness (QED) is 0.340. The van der Waals surface area contributed by atoms with Crippen molar-refractivity contribution in [2.75, 3.05) is 46.4 Å². The Kier molecular flexibility index (Phi) is 9.28. The molecule has 1 aliphatic carbocycles. The summed E-state index contributed by atoms with van der Waals surface area (Å²) in [5.74, 6) is 1.66. The smallest absolute Gasteiger partial charge is 0.191 e. The fourth-order valence-electron chi connectivity index (χ4n) is 4.89. The third-order valence-electron chi connectivity index (χ3n) is 6.62. The lowest BCUT2D eigenvalue weighted by atomic mass is 9.83. The van der Waals surface area contributed by atoms with Gasteiger partial charge in [0.05, 0.1) is 0 Å². The first kappa shape index (κ1) is 22.6. The predicted molar refractivity (Wildman–Crippen MR) is 124 cm³/mol. The average molecular weight is 421 g/mol. The van der Waals surface area contributed by atoms with Crippen LogP contribution in [-0.4, -0.2) is 57.3 Å². The second kappa shape index (κ2) is 11.9. The highest BCUT2D eigenvalue weighted by atomic mass is 32.1. The van der Waals surface area contributed by atoms with Crippen molar-refractivity contribution >= 4 is 17.3 Å². The number of guanidine groups is 1. The number of piperidine rings is 1. The van der Waals surface area contributed by atoms with Crippen LogP contribution in [0.3, 0.4) is 0 Å². The van der Waals surface area contributed by atoms with E-state index in [1.807, 2.05) is 18.4 Å². The molecule has 0 bridgehead atoms. The Morgan fingerprint density at radius 3 is 2.90 bits per heavy atom. The van der Waals surface area contributed by atoms with Crippen LogP contribution in [0.5, 0.6) is 0 Å². The van der Waals surface area contributed by atoms with Crippen LogP contribution >= 0.6 is 11.3 Å². The first-order chi connectivity index (χ1) is 14.2. The summed E-state index contributed by atoms with van der Waals surface area (Å²) in [6.07, 6.45) is 9.08. The normalized spacial score (nSPS) is 22.7. The van der Waals surface area contributed by atoms with Crippen LogP contribution in [0.25, 0.3) is 0 Å². The maximum Gasteiger partial charge on any atom is 0.191 e. The molecule has 6 heteroatoms. The Morgan fingerprint density at radius 2 is 2.17 bits per heavy atom. The van der Waals surface area contributed by atoms with Gasteiger partial charge in [0.1, 0.15) is 0 Å². The van der Waals surface area contributed by atoms with Crippen molar-refractivity contribution in [2.24, 2.45) is 16.3 Å². The lowest BCUT2D eigenvalue weighted by Gasteiger charge is -2.33. The van der Waals surface area contributed by atoms with E-state index in [2.05, 4.69) is 45.0 Å². The first-order valence-corrected chi connectivity index (χ1v) is 12.4. The van der Waals surface area contributed by atoms with Crippen molar-refractivity contribution in [3.63, 3.8) is 0 Å². The zero-order valence-electron chi connectivity index (χ0n) is 18.4. The maximum absolute atomic E-state index is 5.65. The van der Waals surface area contributed by atoms with Gasteiger partial charge in [0.15, 0.2) is 5.96 Å². The molecule has 2 N–H and O–H groups in total. The van der Waals surface area contributed by atoms with E-state index >= 15 is 0 Å². The van der Waals surface area contributed by atoms with Gasteiger partial charge in [0.2, 0.25) is 0 Å². The number of thiophene rings is 1. The lowest BCUT2D eigenvalue weighted by molar-refractivity contribution is 0.105. The van der Waals surface area contributed by atoms with Gasteiger partial charge in [-0.25, -0.2) is 0 Å². The standard InChI is InChI=1S/C23H40N4OS/c1-3-28-14-12-23(10-4-5-11-23)19-26-22(24-2)25-16-20-8-6-13-27(17-20)18-21-9-7-15-29-21/h7,9,15,20H,3-6,8,10-14,16-19H2,1-2H3,(H2,24,25,26). The predicted octanol–water partition coefficient (Wildman–Crippen LogP) is 4.11. The third-order valence-corrected chi connectivity index (χ3v) is 7.48. The molecule has 1 atom stereocenters. The fraction of sp³-hybridized carbons (Fsp3) is 0.783. The highest BCUT2D eigenvalue weighted by Crippen LogP contribution is 2.40. The summed E-state index contributed by atoms with van der Waals surface area (Å²) in [7, 11) is 1.89. The molecule has 2 aliphatic rings. The Bertz CT molecular complexity index is 598. The SMILES string of the molecule is CCOCCC1(CNC(=NC)NCC2CCCN(Cc3cccs3)C2)CCCC1. The minimum absolute atomic E-state index is 0.384. The summed E-state index contributed by atoms with van der Waals surface area (Å²) in [6.45, 7) is 9.30. The largest absolute Gasteiger partial charge is 0.382 e. The minimum atomic E-state index is 0.384. The molecule has 164 valence electrons. The van der Waals surface area contributed by atoms with Gasteiger partial charge >= 0.3 is 0 Å². The van der Waals surface area contributed by atoms with Crippen molar-refractivity contribution < 1.29 is 4.74 Å². The Labute approximate surface area is 181 Å². The first-order valence-electron chi connectivity index (χ1n) is 11.5. The van der Waals surface area contributed by atoms with E-state index in [0.717, 1.165) is 45.2 Å². The summed E-state index contributed by atoms with van der Waals surface area (Å²) in [6, 6.07) is 4.41. The molecule has 0 aromatic carbocycles. The monoisotopic (exact) mass is 420 g/mol. The van der Waals surface area contributed by atoms with Crippen molar-refractivity contribution in [1.29, 1.82) is 0 Å². The number of rotatable bonds is 10. The van der Waals surface area contributed by atoms with Crippen molar-refractivity contribution in [3.8, 4) is 0 Å². The van der Waals surface area contributed by atoms with Crippen LogP contribution in [0, 0.1) is 11.3 Å². The van der Waals surface area contributed by atoms with Gasteiger partial charge in [-0.1, -0.05) is 18.9 Å². The molecule has 0 amide bonds. The van der Waals surface area contributed by atoms with Crippen LogP contribution in [0.15, 0.2) is 22.5 Å². The maximum atomic E-state index is 5.65. The van der Waals surface area contributed by atoms with Gasteiger partial charge in [-0.3, -0.25) is 9.89 Å². The van der Waals surface area contributed by atoms with Crippen LogP contribution < -0.4 is 10.6 Å². The number of hydrogen-bond donors (Lipinski definition) is 2. The lowest BCUT2D eigenvalue weighted by Crippen LogP contribution is -2.46. The molecule has 1 aromatic heterocycles. The van der Waals surface area contributed by atoms with Crippen LogP contribution in [0.2, 0.25) is 0 Å². The van der Waals surface area contributed by atoms with Gasteiger partial charge in [-0.05, 0) is 68.4 Å². The molecule has 2 fully saturated rings. The second-order valence-corrected chi connectivity index (χ2v) is 9.82. The average Bonchev–Trinajstić information content (AvgIpc) is 3.41. The molecule has 1 saturated heterocycles. The van der Waals surface area contributed by atoms with E-state index in [9.17, 15) is 0 Å².